The van der Waals surface area contributed by atoms with Gasteiger partial charge in [-0.2, -0.15) is 0 Å². The van der Waals surface area contributed by atoms with Gasteiger partial charge in [0.2, 0.25) is 0 Å². The normalized spacial score (nSPS) is 20.2. The van der Waals surface area contributed by atoms with Crippen LogP contribution in [-0.4, -0.2) is 5.78 Å². The van der Waals surface area contributed by atoms with Crippen LogP contribution in [0.2, 0.25) is 0 Å². The van der Waals surface area contributed by atoms with E-state index in [2.05, 4.69) is 0 Å². The molecule has 0 aromatic heterocycles. The Labute approximate surface area is 102 Å². The van der Waals surface area contributed by atoms with Crippen LogP contribution in [0, 0.1) is 5.92 Å². The zero-order valence-corrected chi connectivity index (χ0v) is 10.5. The number of rotatable bonds is 3. The van der Waals surface area contributed by atoms with E-state index < -0.39 is 5.67 Å². The lowest BCUT2D eigenvalue weighted by Crippen LogP contribution is -2.27. The first-order valence-corrected chi connectivity index (χ1v) is 6.33. The van der Waals surface area contributed by atoms with Crippen LogP contribution in [0.15, 0.2) is 24.3 Å². The molecule has 1 aromatic rings. The molecule has 1 atom stereocenters. The first kappa shape index (κ1) is 12.3. The number of hydrogen-bond donors (Lipinski definition) is 0. The second kappa shape index (κ2) is 4.59. The van der Waals surface area contributed by atoms with E-state index in [1.54, 1.807) is 25.1 Å². The van der Waals surface area contributed by atoms with Gasteiger partial charge in [0.05, 0.1) is 0 Å². The fourth-order valence-corrected chi connectivity index (χ4v) is 2.90. The van der Waals surface area contributed by atoms with E-state index in [4.69, 9.17) is 0 Å². The first-order valence-electron chi connectivity index (χ1n) is 6.33. The second-order valence-corrected chi connectivity index (χ2v) is 5.16. The molecule has 1 aliphatic carbocycles. The Morgan fingerprint density at radius 3 is 2.47 bits per heavy atom. The van der Waals surface area contributed by atoms with Crippen molar-refractivity contribution in [2.45, 2.75) is 45.2 Å². The summed E-state index contributed by atoms with van der Waals surface area (Å²) in [6, 6.07) is 7.10. The van der Waals surface area contributed by atoms with Crippen LogP contribution < -0.4 is 0 Å². The lowest BCUT2D eigenvalue weighted by molar-refractivity contribution is 0.0939. The molecule has 0 amide bonds. The minimum atomic E-state index is -1.38. The van der Waals surface area contributed by atoms with Crippen LogP contribution >= 0.6 is 0 Å². The second-order valence-electron chi connectivity index (χ2n) is 5.16. The molecule has 0 saturated heterocycles. The van der Waals surface area contributed by atoms with Gasteiger partial charge in [0.15, 0.2) is 5.78 Å². The first-order chi connectivity index (χ1) is 8.03. The van der Waals surface area contributed by atoms with Crippen molar-refractivity contribution in [2.75, 3.05) is 0 Å². The Morgan fingerprint density at radius 2 is 1.88 bits per heavy atom. The van der Waals surface area contributed by atoms with Crippen molar-refractivity contribution in [3.63, 3.8) is 0 Å². The van der Waals surface area contributed by atoms with Crippen LogP contribution in [0.5, 0.6) is 0 Å². The number of hydrogen-bond acceptors (Lipinski definition) is 1. The molecule has 1 nitrogen and oxygen atoms in total. The van der Waals surface area contributed by atoms with Gasteiger partial charge in [-0.05, 0) is 38.2 Å². The molecular weight excluding hydrogens is 215 g/mol. The molecule has 1 aromatic carbocycles. The van der Waals surface area contributed by atoms with Crippen molar-refractivity contribution in [2.24, 2.45) is 5.92 Å². The van der Waals surface area contributed by atoms with Crippen molar-refractivity contribution in [1.29, 1.82) is 0 Å². The van der Waals surface area contributed by atoms with Gasteiger partial charge >= 0.3 is 0 Å². The third-order valence-electron chi connectivity index (χ3n) is 3.95. The smallest absolute Gasteiger partial charge is 0.160 e. The van der Waals surface area contributed by atoms with Crippen molar-refractivity contribution in [3.05, 3.63) is 35.4 Å². The minimum Gasteiger partial charge on any atom is -0.294 e. The Morgan fingerprint density at radius 1 is 1.29 bits per heavy atom. The number of carbonyl (C=O) groups excluding carboxylic acids is 1. The molecule has 0 radical (unpaired) electrons. The third kappa shape index (κ3) is 2.26. The van der Waals surface area contributed by atoms with E-state index in [1.807, 2.05) is 6.07 Å². The molecule has 0 N–H and O–H groups in total. The number of benzene rings is 1. The Balaban J connectivity index is 2.41. The molecule has 0 bridgehead atoms. The lowest BCUT2D eigenvalue weighted by Gasteiger charge is -2.29. The van der Waals surface area contributed by atoms with Gasteiger partial charge in [-0.25, -0.2) is 4.39 Å². The van der Waals surface area contributed by atoms with Crippen molar-refractivity contribution < 1.29 is 9.18 Å². The summed E-state index contributed by atoms with van der Waals surface area (Å²) in [6.07, 6.45) is 4.07. The number of Topliss-reactive ketones (excluding diaryl/α,β-unsaturated/α-hetero) is 1. The monoisotopic (exact) mass is 234 g/mol. The van der Waals surface area contributed by atoms with E-state index in [9.17, 15) is 9.18 Å². The minimum absolute atomic E-state index is 0.0533. The standard InChI is InChI=1S/C15H19FO/c1-11(17)13-9-5-6-10-14(13)15(2,16)12-7-3-4-8-12/h5-6,9-10,12H,3-4,7-8H2,1-2H3. The summed E-state index contributed by atoms with van der Waals surface area (Å²) in [4.78, 5) is 11.6. The average molecular weight is 234 g/mol. The molecule has 2 heteroatoms. The average Bonchev–Trinajstić information content (AvgIpc) is 2.83. The van der Waals surface area contributed by atoms with Crippen LogP contribution in [-0.2, 0) is 5.67 Å². The fraction of sp³-hybridized carbons (Fsp3) is 0.533. The Bertz CT molecular complexity index is 417. The number of alkyl halides is 1. The van der Waals surface area contributed by atoms with Gasteiger partial charge in [0, 0.05) is 5.56 Å². The molecule has 0 heterocycles. The van der Waals surface area contributed by atoms with Gasteiger partial charge in [-0.3, -0.25) is 4.79 Å². The van der Waals surface area contributed by atoms with Gasteiger partial charge < -0.3 is 0 Å². The van der Waals surface area contributed by atoms with Crippen molar-refractivity contribution >= 4 is 5.78 Å². The lowest BCUT2D eigenvalue weighted by atomic mass is 9.80. The summed E-state index contributed by atoms with van der Waals surface area (Å²) >= 11 is 0. The maximum absolute atomic E-state index is 15.0. The predicted molar refractivity (Wildman–Crippen MR) is 66.9 cm³/mol. The molecule has 0 aliphatic heterocycles. The van der Waals surface area contributed by atoms with E-state index >= 15 is 0 Å². The van der Waals surface area contributed by atoms with E-state index in [1.165, 1.54) is 6.92 Å². The van der Waals surface area contributed by atoms with Gasteiger partial charge in [-0.15, -0.1) is 0 Å². The predicted octanol–water partition coefficient (Wildman–Crippen LogP) is 4.26. The Hall–Kier alpha value is -1.18. The van der Waals surface area contributed by atoms with Crippen LogP contribution in [0.4, 0.5) is 4.39 Å². The zero-order chi connectivity index (χ0) is 12.5. The van der Waals surface area contributed by atoms with E-state index in [0.717, 1.165) is 25.7 Å². The van der Waals surface area contributed by atoms with Crippen LogP contribution in [0.3, 0.4) is 0 Å². The number of halogens is 1. The SMILES string of the molecule is CC(=O)c1ccccc1C(C)(F)C1CCCC1. The molecule has 1 unspecified atom stereocenters. The Kier molecular flexibility index (Phi) is 3.32. The summed E-state index contributed by atoms with van der Waals surface area (Å²) in [5.41, 5.74) is -0.275. The summed E-state index contributed by atoms with van der Waals surface area (Å²) in [5.74, 6) is 0.00507. The maximum atomic E-state index is 15.0. The van der Waals surface area contributed by atoms with Crippen molar-refractivity contribution in [3.8, 4) is 0 Å². The van der Waals surface area contributed by atoms with Gasteiger partial charge in [0.1, 0.15) is 5.67 Å². The molecule has 1 fully saturated rings. The number of carbonyl (C=O) groups is 1. The van der Waals surface area contributed by atoms with Gasteiger partial charge in [-0.1, -0.05) is 37.1 Å². The zero-order valence-electron chi connectivity index (χ0n) is 10.5. The molecule has 17 heavy (non-hydrogen) atoms. The highest BCUT2D eigenvalue weighted by Gasteiger charge is 2.39. The van der Waals surface area contributed by atoms with Gasteiger partial charge in [0.25, 0.3) is 0 Å². The summed E-state index contributed by atoms with van der Waals surface area (Å²) in [6.45, 7) is 3.13. The topological polar surface area (TPSA) is 17.1 Å². The fourth-order valence-electron chi connectivity index (χ4n) is 2.90. The van der Waals surface area contributed by atoms with E-state index in [-0.39, 0.29) is 11.7 Å². The van der Waals surface area contributed by atoms with E-state index in [0.29, 0.717) is 11.1 Å². The molecule has 0 spiro atoms. The highest BCUT2D eigenvalue weighted by molar-refractivity contribution is 5.95. The summed E-state index contributed by atoms with van der Waals surface area (Å²) in [7, 11) is 0. The molecule has 2 rings (SSSR count). The summed E-state index contributed by atoms with van der Waals surface area (Å²) in [5, 5.41) is 0. The maximum Gasteiger partial charge on any atom is 0.160 e. The molecule has 1 aliphatic rings. The molecular formula is C15H19FO. The highest BCUT2D eigenvalue weighted by atomic mass is 19.1. The molecule has 92 valence electrons. The van der Waals surface area contributed by atoms with Crippen molar-refractivity contribution in [1.82, 2.24) is 0 Å². The number of ketones is 1. The van der Waals surface area contributed by atoms with Crippen LogP contribution in [0.25, 0.3) is 0 Å². The highest BCUT2D eigenvalue weighted by Crippen LogP contribution is 2.44. The summed E-state index contributed by atoms with van der Waals surface area (Å²) < 4.78 is 15.0. The quantitative estimate of drug-likeness (QED) is 0.714. The largest absolute Gasteiger partial charge is 0.294 e. The van der Waals surface area contributed by atoms with Crippen LogP contribution in [0.1, 0.15) is 55.5 Å². The molecule has 1 saturated carbocycles. The third-order valence-corrected chi connectivity index (χ3v) is 3.95.